The number of nitrogens with one attached hydrogen (secondary N) is 2. The van der Waals surface area contributed by atoms with Gasteiger partial charge in [0.05, 0.1) is 12.6 Å². The van der Waals surface area contributed by atoms with Crippen molar-refractivity contribution in [3.05, 3.63) is 12.3 Å². The molecule has 1 aliphatic rings. The maximum absolute atomic E-state index is 11.7. The van der Waals surface area contributed by atoms with Crippen LogP contribution >= 0.6 is 0 Å². The molecule has 2 atom stereocenters. The molecule has 1 aliphatic heterocycles. The fourth-order valence-electron chi connectivity index (χ4n) is 2.26. The fourth-order valence-corrected chi connectivity index (χ4v) is 2.26. The van der Waals surface area contributed by atoms with Gasteiger partial charge >= 0.3 is 6.09 Å². The monoisotopic (exact) mass is 296 g/mol. The van der Waals surface area contributed by atoms with E-state index in [2.05, 4.69) is 15.7 Å². The van der Waals surface area contributed by atoms with E-state index in [1.807, 2.05) is 31.6 Å². The van der Waals surface area contributed by atoms with Crippen LogP contribution in [-0.2, 0) is 16.0 Å². The normalized spacial score (nSPS) is 22.3. The van der Waals surface area contributed by atoms with Crippen molar-refractivity contribution < 1.29 is 14.3 Å². The first-order valence-corrected chi connectivity index (χ1v) is 7.15. The molecule has 118 valence electrons. The molecule has 1 fully saturated rings. The van der Waals surface area contributed by atoms with Crippen molar-refractivity contribution in [2.24, 2.45) is 0 Å². The van der Waals surface area contributed by atoms with E-state index in [-0.39, 0.29) is 6.10 Å². The minimum Gasteiger partial charge on any atom is -0.444 e. The van der Waals surface area contributed by atoms with E-state index in [0.29, 0.717) is 11.9 Å². The van der Waals surface area contributed by atoms with Crippen molar-refractivity contribution in [3.8, 4) is 0 Å². The molecular weight excluding hydrogens is 272 g/mol. The predicted octanol–water partition coefficient (Wildman–Crippen LogP) is 1.61. The van der Waals surface area contributed by atoms with Crippen LogP contribution < -0.4 is 10.6 Å². The Bertz CT molecular complexity index is 481. The zero-order valence-electron chi connectivity index (χ0n) is 13.0. The van der Waals surface area contributed by atoms with E-state index in [4.69, 9.17) is 9.47 Å². The number of anilines is 1. The lowest BCUT2D eigenvalue weighted by molar-refractivity contribution is 0.0635. The van der Waals surface area contributed by atoms with Crippen LogP contribution in [0.25, 0.3) is 0 Å². The van der Waals surface area contributed by atoms with Gasteiger partial charge in [0, 0.05) is 32.0 Å². The number of ether oxygens (including phenoxy) is 2. The highest BCUT2D eigenvalue weighted by Crippen LogP contribution is 2.13. The van der Waals surface area contributed by atoms with Crippen LogP contribution in [0.3, 0.4) is 0 Å². The molecule has 1 amide bonds. The highest BCUT2D eigenvalue weighted by Gasteiger charge is 2.24. The minimum atomic E-state index is -0.518. The molecule has 0 saturated carbocycles. The number of hydrogen-bond acceptors (Lipinski definition) is 5. The maximum Gasteiger partial charge on any atom is 0.413 e. The third-order valence-corrected chi connectivity index (χ3v) is 3.19. The molecule has 2 heterocycles. The van der Waals surface area contributed by atoms with E-state index in [0.717, 1.165) is 19.5 Å². The summed E-state index contributed by atoms with van der Waals surface area (Å²) >= 11 is 0. The minimum absolute atomic E-state index is 0.268. The number of rotatable bonds is 4. The molecule has 1 aromatic heterocycles. The van der Waals surface area contributed by atoms with Crippen molar-refractivity contribution in [3.63, 3.8) is 0 Å². The second kappa shape index (κ2) is 6.44. The Kier molecular flexibility index (Phi) is 4.84. The van der Waals surface area contributed by atoms with E-state index < -0.39 is 11.7 Å². The van der Waals surface area contributed by atoms with Gasteiger partial charge in [0.1, 0.15) is 5.60 Å². The molecule has 0 unspecified atom stereocenters. The summed E-state index contributed by atoms with van der Waals surface area (Å²) in [6.07, 6.45) is 2.58. The van der Waals surface area contributed by atoms with Crippen LogP contribution in [0.1, 0.15) is 27.2 Å². The molecule has 0 radical (unpaired) electrons. The number of aromatic nitrogens is 2. The van der Waals surface area contributed by atoms with E-state index in [9.17, 15) is 4.79 Å². The number of nitrogens with zero attached hydrogens (tertiary/aromatic N) is 2. The van der Waals surface area contributed by atoms with Gasteiger partial charge in [-0.15, -0.1) is 0 Å². The molecule has 1 aromatic rings. The molecule has 2 N–H and O–H groups in total. The maximum atomic E-state index is 11.7. The summed E-state index contributed by atoms with van der Waals surface area (Å²) in [7, 11) is 1.73. The first kappa shape index (κ1) is 15.8. The molecule has 1 saturated heterocycles. The van der Waals surface area contributed by atoms with Crippen molar-refractivity contribution in [1.29, 1.82) is 0 Å². The third kappa shape index (κ3) is 5.02. The summed E-state index contributed by atoms with van der Waals surface area (Å²) in [5.74, 6) is 0.491. The van der Waals surface area contributed by atoms with Crippen LogP contribution in [0.4, 0.5) is 10.6 Å². The van der Waals surface area contributed by atoms with Crippen molar-refractivity contribution in [2.75, 3.05) is 19.0 Å². The fraction of sp³-hybridized carbons (Fsp3) is 0.714. The Labute approximate surface area is 125 Å². The largest absolute Gasteiger partial charge is 0.444 e. The van der Waals surface area contributed by atoms with Gasteiger partial charge in [-0.2, -0.15) is 5.10 Å². The molecule has 21 heavy (non-hydrogen) atoms. The standard InChI is InChI=1S/C14H24N4O3/c1-14(2,3)21-13(19)16-12-5-6-18(17-12)9-10-7-11(20-4)8-15-10/h5-6,10-11,15H,7-9H2,1-4H3,(H,16,17,19)/t10-,11-/m0/s1. The van der Waals surface area contributed by atoms with Gasteiger partial charge in [0.15, 0.2) is 5.82 Å². The molecule has 7 nitrogen and oxygen atoms in total. The Morgan fingerprint density at radius 2 is 2.33 bits per heavy atom. The molecule has 7 heteroatoms. The molecule has 0 aliphatic carbocycles. The molecule has 2 rings (SSSR count). The summed E-state index contributed by atoms with van der Waals surface area (Å²) in [5.41, 5.74) is -0.518. The quantitative estimate of drug-likeness (QED) is 0.882. The molecule has 0 spiro atoms. The SMILES string of the molecule is CO[C@@H]1CN[C@H](Cn2ccc(NC(=O)OC(C)(C)C)n2)C1. The second-order valence-electron chi connectivity index (χ2n) is 6.25. The summed E-state index contributed by atoms with van der Waals surface area (Å²) in [6.45, 7) is 7.08. The smallest absolute Gasteiger partial charge is 0.413 e. The van der Waals surface area contributed by atoms with Gasteiger partial charge in [-0.3, -0.25) is 10.00 Å². The van der Waals surface area contributed by atoms with E-state index in [1.165, 1.54) is 0 Å². The van der Waals surface area contributed by atoms with Gasteiger partial charge < -0.3 is 14.8 Å². The Morgan fingerprint density at radius 3 is 2.95 bits per heavy atom. The summed E-state index contributed by atoms with van der Waals surface area (Å²) in [4.78, 5) is 11.7. The molecule has 0 bridgehead atoms. The second-order valence-corrected chi connectivity index (χ2v) is 6.25. The van der Waals surface area contributed by atoms with Crippen LogP contribution in [0, 0.1) is 0 Å². The Balaban J connectivity index is 1.83. The Morgan fingerprint density at radius 1 is 1.57 bits per heavy atom. The van der Waals surface area contributed by atoms with Gasteiger partial charge in [0.2, 0.25) is 0 Å². The average Bonchev–Trinajstić information content (AvgIpc) is 2.97. The Hall–Kier alpha value is -1.60. The first-order chi connectivity index (χ1) is 9.85. The van der Waals surface area contributed by atoms with Crippen LogP contribution in [-0.4, -0.2) is 47.3 Å². The summed E-state index contributed by atoms with van der Waals surface area (Å²) < 4.78 is 12.3. The molecular formula is C14H24N4O3. The van der Waals surface area contributed by atoms with Gasteiger partial charge in [-0.25, -0.2) is 4.79 Å². The van der Waals surface area contributed by atoms with Gasteiger partial charge in [-0.05, 0) is 27.2 Å². The lowest BCUT2D eigenvalue weighted by atomic mass is 10.2. The zero-order chi connectivity index (χ0) is 15.5. The number of hydrogen-bond donors (Lipinski definition) is 2. The zero-order valence-corrected chi connectivity index (χ0v) is 13.0. The van der Waals surface area contributed by atoms with E-state index in [1.54, 1.807) is 13.2 Å². The molecule has 0 aromatic carbocycles. The first-order valence-electron chi connectivity index (χ1n) is 7.15. The van der Waals surface area contributed by atoms with E-state index >= 15 is 0 Å². The van der Waals surface area contributed by atoms with Crippen LogP contribution in [0.15, 0.2) is 12.3 Å². The van der Waals surface area contributed by atoms with Crippen molar-refractivity contribution >= 4 is 11.9 Å². The highest BCUT2D eigenvalue weighted by molar-refractivity contribution is 5.83. The summed E-state index contributed by atoms with van der Waals surface area (Å²) in [5, 5.41) is 10.3. The van der Waals surface area contributed by atoms with Gasteiger partial charge in [-0.1, -0.05) is 0 Å². The number of methoxy groups -OCH3 is 1. The van der Waals surface area contributed by atoms with Crippen molar-refractivity contribution in [1.82, 2.24) is 15.1 Å². The average molecular weight is 296 g/mol. The number of carbonyl (C=O) groups is 1. The topological polar surface area (TPSA) is 77.4 Å². The van der Waals surface area contributed by atoms with Gasteiger partial charge in [0.25, 0.3) is 0 Å². The van der Waals surface area contributed by atoms with Crippen LogP contribution in [0.2, 0.25) is 0 Å². The lowest BCUT2D eigenvalue weighted by Gasteiger charge is -2.19. The predicted molar refractivity (Wildman–Crippen MR) is 79.3 cm³/mol. The number of amides is 1. The van der Waals surface area contributed by atoms with Crippen LogP contribution in [0.5, 0.6) is 0 Å². The highest BCUT2D eigenvalue weighted by atomic mass is 16.6. The number of carbonyl (C=O) groups excluding carboxylic acids is 1. The lowest BCUT2D eigenvalue weighted by Crippen LogP contribution is -2.28. The third-order valence-electron chi connectivity index (χ3n) is 3.19. The summed E-state index contributed by atoms with van der Waals surface area (Å²) in [6, 6.07) is 2.09. The van der Waals surface area contributed by atoms with Crippen molar-refractivity contribution in [2.45, 2.75) is 51.5 Å².